The van der Waals surface area contributed by atoms with Crippen molar-refractivity contribution >= 4 is 0 Å². The van der Waals surface area contributed by atoms with Crippen LogP contribution in [0.15, 0.2) is 36.7 Å². The number of hydrogen-bond donors (Lipinski definition) is 1. The Morgan fingerprint density at radius 3 is 2.24 bits per heavy atom. The van der Waals surface area contributed by atoms with Gasteiger partial charge in [-0.2, -0.15) is 0 Å². The van der Waals surface area contributed by atoms with Gasteiger partial charge in [0.05, 0.1) is 6.61 Å². The van der Waals surface area contributed by atoms with Crippen LogP contribution in [-0.4, -0.2) is 22.6 Å². The molecule has 0 spiro atoms. The van der Waals surface area contributed by atoms with Gasteiger partial charge in [0.1, 0.15) is 11.5 Å². The molecule has 0 saturated heterocycles. The molecule has 1 aromatic heterocycles. The van der Waals surface area contributed by atoms with E-state index < -0.39 is 0 Å². The minimum atomic E-state index is 0.340. The predicted molar refractivity (Wildman–Crippen MR) is 81.7 cm³/mol. The van der Waals surface area contributed by atoms with Crippen molar-refractivity contribution in [3.8, 4) is 17.5 Å². The fourth-order valence-electron chi connectivity index (χ4n) is 1.68. The fraction of sp³-hybridized carbons (Fsp3) is 0.375. The Bertz CT molecular complexity index is 538. The summed E-state index contributed by atoms with van der Waals surface area (Å²) in [6.45, 7) is 7.55. The van der Waals surface area contributed by atoms with Gasteiger partial charge in [-0.05, 0) is 31.2 Å². The first-order valence-corrected chi connectivity index (χ1v) is 7.12. The molecule has 0 atom stereocenters. The van der Waals surface area contributed by atoms with E-state index in [-0.39, 0.29) is 0 Å². The fourth-order valence-corrected chi connectivity index (χ4v) is 1.68. The molecule has 0 radical (unpaired) electrons. The Labute approximate surface area is 125 Å². The van der Waals surface area contributed by atoms with Crippen molar-refractivity contribution in [2.75, 3.05) is 6.61 Å². The van der Waals surface area contributed by atoms with E-state index >= 15 is 0 Å². The molecule has 112 valence electrons. The van der Waals surface area contributed by atoms with E-state index in [1.165, 1.54) is 0 Å². The summed E-state index contributed by atoms with van der Waals surface area (Å²) in [5.41, 5.74) is 1.03. The minimum absolute atomic E-state index is 0.340. The SMILES string of the molecule is CCOc1ccc(Oc2ncc(CNC(C)C)cn2)cc1. The Balaban J connectivity index is 1.93. The van der Waals surface area contributed by atoms with Crippen molar-refractivity contribution in [3.63, 3.8) is 0 Å². The van der Waals surface area contributed by atoms with Gasteiger partial charge < -0.3 is 14.8 Å². The topological polar surface area (TPSA) is 56.3 Å². The van der Waals surface area contributed by atoms with Gasteiger partial charge in [0, 0.05) is 30.5 Å². The second kappa shape index (κ2) is 7.59. The lowest BCUT2D eigenvalue weighted by atomic mass is 10.3. The number of hydrogen-bond acceptors (Lipinski definition) is 5. The third-order valence-corrected chi connectivity index (χ3v) is 2.74. The number of ether oxygens (including phenoxy) is 2. The zero-order valence-electron chi connectivity index (χ0n) is 12.7. The zero-order valence-corrected chi connectivity index (χ0v) is 12.7. The molecule has 21 heavy (non-hydrogen) atoms. The van der Waals surface area contributed by atoms with Gasteiger partial charge in [-0.1, -0.05) is 13.8 Å². The van der Waals surface area contributed by atoms with E-state index in [2.05, 4.69) is 29.1 Å². The maximum absolute atomic E-state index is 5.59. The first-order valence-electron chi connectivity index (χ1n) is 7.12. The van der Waals surface area contributed by atoms with Crippen LogP contribution in [0.5, 0.6) is 17.5 Å². The summed E-state index contributed by atoms with van der Waals surface area (Å²) in [5.74, 6) is 1.51. The van der Waals surface area contributed by atoms with E-state index in [0.717, 1.165) is 17.9 Å². The molecule has 1 aromatic carbocycles. The number of rotatable bonds is 7. The molecule has 0 unspecified atom stereocenters. The highest BCUT2D eigenvalue weighted by molar-refractivity contribution is 5.32. The summed E-state index contributed by atoms with van der Waals surface area (Å²) in [5, 5.41) is 3.31. The number of nitrogens with one attached hydrogen (secondary N) is 1. The lowest BCUT2D eigenvalue weighted by Gasteiger charge is -2.08. The van der Waals surface area contributed by atoms with Gasteiger partial charge in [0.15, 0.2) is 0 Å². The molecule has 5 nitrogen and oxygen atoms in total. The van der Waals surface area contributed by atoms with Crippen LogP contribution in [0.2, 0.25) is 0 Å². The van der Waals surface area contributed by atoms with Crippen molar-refractivity contribution in [3.05, 3.63) is 42.2 Å². The molecule has 0 aliphatic heterocycles. The van der Waals surface area contributed by atoms with E-state index in [4.69, 9.17) is 9.47 Å². The van der Waals surface area contributed by atoms with E-state index in [1.54, 1.807) is 12.4 Å². The number of nitrogens with zero attached hydrogens (tertiary/aromatic N) is 2. The molecule has 0 fully saturated rings. The van der Waals surface area contributed by atoms with Crippen LogP contribution in [0.3, 0.4) is 0 Å². The van der Waals surface area contributed by atoms with Crippen molar-refractivity contribution in [1.82, 2.24) is 15.3 Å². The average Bonchev–Trinajstić information content (AvgIpc) is 2.49. The summed E-state index contributed by atoms with van der Waals surface area (Å²) in [6, 6.07) is 8.17. The van der Waals surface area contributed by atoms with Gasteiger partial charge in [-0.3, -0.25) is 0 Å². The maximum Gasteiger partial charge on any atom is 0.321 e. The minimum Gasteiger partial charge on any atom is -0.494 e. The molecule has 0 aliphatic rings. The quantitative estimate of drug-likeness (QED) is 0.847. The van der Waals surface area contributed by atoms with Crippen LogP contribution >= 0.6 is 0 Å². The Morgan fingerprint density at radius 1 is 1.05 bits per heavy atom. The molecule has 0 aliphatic carbocycles. The van der Waals surface area contributed by atoms with Gasteiger partial charge in [0.2, 0.25) is 0 Å². The number of benzene rings is 1. The Kier molecular flexibility index (Phi) is 5.51. The summed E-state index contributed by atoms with van der Waals surface area (Å²) in [7, 11) is 0. The van der Waals surface area contributed by atoms with Crippen LogP contribution in [-0.2, 0) is 6.54 Å². The third kappa shape index (κ3) is 5.04. The van der Waals surface area contributed by atoms with Gasteiger partial charge in [0.25, 0.3) is 0 Å². The monoisotopic (exact) mass is 287 g/mol. The molecule has 1 N–H and O–H groups in total. The molecule has 5 heteroatoms. The highest BCUT2D eigenvalue weighted by atomic mass is 16.5. The van der Waals surface area contributed by atoms with Crippen LogP contribution in [0.1, 0.15) is 26.3 Å². The van der Waals surface area contributed by atoms with Gasteiger partial charge >= 0.3 is 6.01 Å². The van der Waals surface area contributed by atoms with Crippen molar-refractivity contribution in [2.45, 2.75) is 33.4 Å². The summed E-state index contributed by atoms with van der Waals surface area (Å²) in [6.07, 6.45) is 3.54. The average molecular weight is 287 g/mol. The van der Waals surface area contributed by atoms with Crippen molar-refractivity contribution in [2.24, 2.45) is 0 Å². The van der Waals surface area contributed by atoms with E-state index in [1.807, 2.05) is 31.2 Å². The second-order valence-corrected chi connectivity index (χ2v) is 4.92. The first-order chi connectivity index (χ1) is 10.2. The summed E-state index contributed by atoms with van der Waals surface area (Å²) in [4.78, 5) is 8.41. The molecular formula is C16H21N3O2. The second-order valence-electron chi connectivity index (χ2n) is 4.92. The summed E-state index contributed by atoms with van der Waals surface area (Å²) >= 11 is 0. The third-order valence-electron chi connectivity index (χ3n) is 2.74. The van der Waals surface area contributed by atoms with Gasteiger partial charge in [-0.15, -0.1) is 0 Å². The molecule has 2 aromatic rings. The first kappa shape index (κ1) is 15.3. The van der Waals surface area contributed by atoms with Crippen LogP contribution in [0, 0.1) is 0 Å². The molecule has 0 bridgehead atoms. The Hall–Kier alpha value is -2.14. The van der Waals surface area contributed by atoms with Crippen LogP contribution in [0.25, 0.3) is 0 Å². The maximum atomic E-state index is 5.59. The molecular weight excluding hydrogens is 266 g/mol. The van der Waals surface area contributed by atoms with Crippen molar-refractivity contribution < 1.29 is 9.47 Å². The Morgan fingerprint density at radius 2 is 1.67 bits per heavy atom. The van der Waals surface area contributed by atoms with Gasteiger partial charge in [-0.25, -0.2) is 9.97 Å². The highest BCUT2D eigenvalue weighted by Gasteiger charge is 2.02. The van der Waals surface area contributed by atoms with E-state index in [9.17, 15) is 0 Å². The number of aromatic nitrogens is 2. The van der Waals surface area contributed by atoms with Crippen LogP contribution < -0.4 is 14.8 Å². The normalized spacial score (nSPS) is 10.7. The lowest BCUT2D eigenvalue weighted by Crippen LogP contribution is -2.21. The predicted octanol–water partition coefficient (Wildman–Crippen LogP) is 3.17. The zero-order chi connectivity index (χ0) is 15.1. The lowest BCUT2D eigenvalue weighted by molar-refractivity contribution is 0.339. The molecule has 2 rings (SSSR count). The largest absolute Gasteiger partial charge is 0.494 e. The van der Waals surface area contributed by atoms with Crippen LogP contribution in [0.4, 0.5) is 0 Å². The van der Waals surface area contributed by atoms with Crippen molar-refractivity contribution in [1.29, 1.82) is 0 Å². The van der Waals surface area contributed by atoms with E-state index in [0.29, 0.717) is 24.4 Å². The highest BCUT2D eigenvalue weighted by Crippen LogP contribution is 2.21. The summed E-state index contributed by atoms with van der Waals surface area (Å²) < 4.78 is 11.0. The molecule has 0 amide bonds. The molecule has 0 saturated carbocycles. The smallest absolute Gasteiger partial charge is 0.321 e. The molecule has 1 heterocycles. The standard InChI is InChI=1S/C16H21N3O2/c1-4-20-14-5-7-15(8-6-14)21-16-18-10-13(11-19-16)9-17-12(2)3/h5-8,10-12,17H,4,9H2,1-3H3.